The summed E-state index contributed by atoms with van der Waals surface area (Å²) in [6, 6.07) is 6.46. The zero-order valence-corrected chi connectivity index (χ0v) is 10.6. The summed E-state index contributed by atoms with van der Waals surface area (Å²) in [5, 5.41) is 3.46. The van der Waals surface area contributed by atoms with Crippen molar-refractivity contribution in [3.05, 3.63) is 23.8 Å². The minimum atomic E-state index is 0.189. The van der Waals surface area contributed by atoms with Crippen LogP contribution in [0.5, 0.6) is 5.75 Å². The third-order valence-electron chi connectivity index (χ3n) is 3.01. The Morgan fingerprint density at radius 2 is 2.06 bits per heavy atom. The standard InChI is InChI=1S/C14H21NO/c1-10-8-15-12-7-11(14(2,3)4)5-6-13(12)16-9-10/h5-7,10,15H,8-9H2,1-4H3. The number of ether oxygens (including phenoxy) is 1. The van der Waals surface area contributed by atoms with Gasteiger partial charge in [0.25, 0.3) is 0 Å². The first-order valence-electron chi connectivity index (χ1n) is 5.98. The number of rotatable bonds is 0. The molecule has 1 N–H and O–H groups in total. The van der Waals surface area contributed by atoms with Crippen LogP contribution in [0, 0.1) is 5.92 Å². The monoisotopic (exact) mass is 219 g/mol. The van der Waals surface area contributed by atoms with E-state index in [2.05, 4.69) is 51.2 Å². The van der Waals surface area contributed by atoms with E-state index < -0.39 is 0 Å². The zero-order valence-electron chi connectivity index (χ0n) is 10.6. The van der Waals surface area contributed by atoms with Crippen molar-refractivity contribution in [2.24, 2.45) is 5.92 Å². The average Bonchev–Trinajstić information content (AvgIpc) is 2.39. The number of benzene rings is 1. The lowest BCUT2D eigenvalue weighted by molar-refractivity contribution is 0.275. The molecule has 0 radical (unpaired) electrons. The van der Waals surface area contributed by atoms with Gasteiger partial charge in [0, 0.05) is 12.5 Å². The largest absolute Gasteiger partial charge is 0.491 e. The lowest BCUT2D eigenvalue weighted by atomic mass is 9.87. The molecule has 0 saturated carbocycles. The van der Waals surface area contributed by atoms with Crippen LogP contribution in [0.15, 0.2) is 18.2 Å². The molecule has 0 bridgehead atoms. The Labute approximate surface area is 98.0 Å². The fourth-order valence-electron chi connectivity index (χ4n) is 1.84. The topological polar surface area (TPSA) is 21.3 Å². The molecule has 2 nitrogen and oxygen atoms in total. The molecular formula is C14H21NO. The highest BCUT2D eigenvalue weighted by molar-refractivity contribution is 5.59. The third-order valence-corrected chi connectivity index (χ3v) is 3.01. The Kier molecular flexibility index (Phi) is 2.83. The Bertz CT molecular complexity index is 379. The van der Waals surface area contributed by atoms with Gasteiger partial charge in [0.05, 0.1) is 12.3 Å². The summed E-state index contributed by atoms with van der Waals surface area (Å²) in [6.07, 6.45) is 0. The molecule has 0 aromatic heterocycles. The number of anilines is 1. The summed E-state index contributed by atoms with van der Waals surface area (Å²) < 4.78 is 5.77. The highest BCUT2D eigenvalue weighted by atomic mass is 16.5. The quantitative estimate of drug-likeness (QED) is 0.722. The molecule has 2 rings (SSSR count). The van der Waals surface area contributed by atoms with Gasteiger partial charge in [-0.25, -0.2) is 0 Å². The van der Waals surface area contributed by atoms with E-state index in [-0.39, 0.29) is 5.41 Å². The molecule has 1 heterocycles. The predicted molar refractivity (Wildman–Crippen MR) is 68.3 cm³/mol. The Balaban J connectivity index is 2.32. The Hall–Kier alpha value is -1.18. The number of nitrogens with one attached hydrogen (secondary N) is 1. The average molecular weight is 219 g/mol. The van der Waals surface area contributed by atoms with E-state index in [0.717, 1.165) is 24.6 Å². The van der Waals surface area contributed by atoms with Gasteiger partial charge in [-0.05, 0) is 23.1 Å². The highest BCUT2D eigenvalue weighted by Gasteiger charge is 2.18. The van der Waals surface area contributed by atoms with Gasteiger partial charge in [0.1, 0.15) is 5.75 Å². The van der Waals surface area contributed by atoms with Gasteiger partial charge < -0.3 is 10.1 Å². The van der Waals surface area contributed by atoms with Crippen LogP contribution in [0.4, 0.5) is 5.69 Å². The first kappa shape index (κ1) is 11.3. The molecule has 1 atom stereocenters. The molecule has 2 heteroatoms. The molecule has 0 spiro atoms. The van der Waals surface area contributed by atoms with Gasteiger partial charge >= 0.3 is 0 Å². The van der Waals surface area contributed by atoms with Crippen LogP contribution in [-0.2, 0) is 5.41 Å². The first-order valence-corrected chi connectivity index (χ1v) is 5.98. The first-order chi connectivity index (χ1) is 7.47. The summed E-state index contributed by atoms with van der Waals surface area (Å²) in [4.78, 5) is 0. The van der Waals surface area contributed by atoms with Crippen molar-refractivity contribution < 1.29 is 4.74 Å². The Morgan fingerprint density at radius 3 is 2.75 bits per heavy atom. The second-order valence-corrected chi connectivity index (χ2v) is 5.76. The molecule has 0 saturated heterocycles. The van der Waals surface area contributed by atoms with Gasteiger partial charge in [-0.1, -0.05) is 33.8 Å². The van der Waals surface area contributed by atoms with Crippen LogP contribution in [-0.4, -0.2) is 13.2 Å². The van der Waals surface area contributed by atoms with Crippen molar-refractivity contribution in [2.45, 2.75) is 33.1 Å². The second-order valence-electron chi connectivity index (χ2n) is 5.76. The molecule has 1 unspecified atom stereocenters. The summed E-state index contributed by atoms with van der Waals surface area (Å²) in [5.41, 5.74) is 2.67. The maximum absolute atomic E-state index is 5.77. The summed E-state index contributed by atoms with van der Waals surface area (Å²) in [7, 11) is 0. The van der Waals surface area contributed by atoms with Crippen molar-refractivity contribution in [1.29, 1.82) is 0 Å². The highest BCUT2D eigenvalue weighted by Crippen LogP contribution is 2.33. The van der Waals surface area contributed by atoms with Gasteiger partial charge in [-0.2, -0.15) is 0 Å². The molecule has 1 aliphatic heterocycles. The molecule has 16 heavy (non-hydrogen) atoms. The van der Waals surface area contributed by atoms with Crippen LogP contribution >= 0.6 is 0 Å². The zero-order chi connectivity index (χ0) is 11.8. The number of hydrogen-bond acceptors (Lipinski definition) is 2. The summed E-state index contributed by atoms with van der Waals surface area (Å²) in [6.45, 7) is 10.7. The van der Waals surface area contributed by atoms with Crippen LogP contribution in [0.2, 0.25) is 0 Å². The lowest BCUT2D eigenvalue weighted by Crippen LogP contribution is -2.14. The van der Waals surface area contributed by atoms with Crippen LogP contribution in [0.25, 0.3) is 0 Å². The van der Waals surface area contributed by atoms with Crippen molar-refractivity contribution >= 4 is 5.69 Å². The summed E-state index contributed by atoms with van der Waals surface area (Å²) >= 11 is 0. The van der Waals surface area contributed by atoms with E-state index in [1.165, 1.54) is 5.56 Å². The van der Waals surface area contributed by atoms with Crippen LogP contribution in [0.3, 0.4) is 0 Å². The van der Waals surface area contributed by atoms with Gasteiger partial charge in [0.2, 0.25) is 0 Å². The van der Waals surface area contributed by atoms with Gasteiger partial charge in [-0.15, -0.1) is 0 Å². The minimum absolute atomic E-state index is 0.189. The summed E-state index contributed by atoms with van der Waals surface area (Å²) in [5.74, 6) is 1.54. The fourth-order valence-corrected chi connectivity index (χ4v) is 1.84. The fraction of sp³-hybridized carbons (Fsp3) is 0.571. The van der Waals surface area contributed by atoms with E-state index in [1.807, 2.05) is 0 Å². The molecule has 1 aromatic carbocycles. The minimum Gasteiger partial charge on any atom is -0.491 e. The van der Waals surface area contributed by atoms with Gasteiger partial charge in [0.15, 0.2) is 0 Å². The molecule has 1 aliphatic rings. The molecule has 0 fully saturated rings. The van der Waals surface area contributed by atoms with E-state index in [9.17, 15) is 0 Å². The maximum atomic E-state index is 5.77. The van der Waals surface area contributed by atoms with Crippen molar-refractivity contribution in [3.63, 3.8) is 0 Å². The smallest absolute Gasteiger partial charge is 0.142 e. The molecule has 1 aromatic rings. The van der Waals surface area contributed by atoms with E-state index in [4.69, 9.17) is 4.74 Å². The SMILES string of the molecule is CC1CNc2cc(C(C)(C)C)ccc2OC1. The van der Waals surface area contributed by atoms with E-state index in [1.54, 1.807) is 0 Å². The van der Waals surface area contributed by atoms with E-state index in [0.29, 0.717) is 5.92 Å². The Morgan fingerprint density at radius 1 is 1.31 bits per heavy atom. The number of hydrogen-bond donors (Lipinski definition) is 1. The second kappa shape index (κ2) is 4.00. The maximum Gasteiger partial charge on any atom is 0.142 e. The van der Waals surface area contributed by atoms with Crippen molar-refractivity contribution in [1.82, 2.24) is 0 Å². The molecular weight excluding hydrogens is 198 g/mol. The predicted octanol–water partition coefficient (Wildman–Crippen LogP) is 3.42. The van der Waals surface area contributed by atoms with Crippen molar-refractivity contribution in [2.75, 3.05) is 18.5 Å². The van der Waals surface area contributed by atoms with E-state index >= 15 is 0 Å². The van der Waals surface area contributed by atoms with Crippen LogP contribution in [0.1, 0.15) is 33.3 Å². The lowest BCUT2D eigenvalue weighted by Gasteiger charge is -2.20. The van der Waals surface area contributed by atoms with Gasteiger partial charge in [-0.3, -0.25) is 0 Å². The van der Waals surface area contributed by atoms with Crippen LogP contribution < -0.4 is 10.1 Å². The molecule has 88 valence electrons. The number of fused-ring (bicyclic) bond motifs is 1. The normalized spacial score (nSPS) is 20.4. The third kappa shape index (κ3) is 2.31. The molecule has 0 amide bonds. The molecule has 0 aliphatic carbocycles. The van der Waals surface area contributed by atoms with Crippen molar-refractivity contribution in [3.8, 4) is 5.75 Å².